The van der Waals surface area contributed by atoms with E-state index in [1.165, 1.54) is 17.6 Å². The van der Waals surface area contributed by atoms with Crippen LogP contribution in [-0.2, 0) is 4.79 Å². The molecule has 1 heterocycles. The summed E-state index contributed by atoms with van der Waals surface area (Å²) in [5.74, 6) is -0.189. The summed E-state index contributed by atoms with van der Waals surface area (Å²) in [5.41, 5.74) is 11.5. The lowest BCUT2D eigenvalue weighted by Gasteiger charge is -2.13. The molecule has 0 aliphatic carbocycles. The van der Waals surface area contributed by atoms with E-state index in [9.17, 15) is 9.59 Å². The third-order valence-electron chi connectivity index (χ3n) is 5.04. The van der Waals surface area contributed by atoms with Gasteiger partial charge in [0.1, 0.15) is 0 Å². The van der Waals surface area contributed by atoms with Gasteiger partial charge in [0.25, 0.3) is 11.8 Å². The summed E-state index contributed by atoms with van der Waals surface area (Å²) in [5, 5.41) is 10.1. The van der Waals surface area contributed by atoms with Crippen molar-refractivity contribution < 1.29 is 19.1 Å². The minimum absolute atomic E-state index is 0.283. The van der Waals surface area contributed by atoms with Crippen LogP contribution in [-0.4, -0.2) is 36.2 Å². The van der Waals surface area contributed by atoms with Gasteiger partial charge in [-0.3, -0.25) is 9.59 Å². The molecule has 0 unspecified atom stereocenters. The zero-order chi connectivity index (χ0) is 26.9. The Kier molecular flexibility index (Phi) is 9.07. The lowest BCUT2D eigenvalue weighted by molar-refractivity contribution is -0.119. The summed E-state index contributed by atoms with van der Waals surface area (Å²) in [6.07, 6.45) is 1.48. The highest BCUT2D eigenvalue weighted by atomic mass is 79.9. The van der Waals surface area contributed by atoms with Crippen LogP contribution in [0, 0.1) is 0 Å². The molecule has 9 nitrogen and oxygen atoms in total. The number of thiazole rings is 1. The molecule has 0 aliphatic rings. The van der Waals surface area contributed by atoms with E-state index in [0.717, 1.165) is 22.1 Å². The molecule has 194 valence electrons. The van der Waals surface area contributed by atoms with Crippen LogP contribution in [0.1, 0.15) is 22.8 Å². The van der Waals surface area contributed by atoms with Crippen LogP contribution in [0.15, 0.2) is 81.7 Å². The second-order valence-electron chi connectivity index (χ2n) is 7.82. The van der Waals surface area contributed by atoms with Gasteiger partial charge in [-0.25, -0.2) is 10.4 Å². The maximum absolute atomic E-state index is 12.6. The van der Waals surface area contributed by atoms with E-state index in [2.05, 4.69) is 36.8 Å². The molecule has 38 heavy (non-hydrogen) atoms. The number of ether oxygens (including phenoxy) is 2. The number of nitrogens with two attached hydrogens (primary N) is 1. The molecule has 4 N–H and O–H groups in total. The molecule has 0 atom stereocenters. The quantitative estimate of drug-likeness (QED) is 0.159. The first-order valence-electron chi connectivity index (χ1n) is 11.5. The summed E-state index contributed by atoms with van der Waals surface area (Å²) < 4.78 is 11.6. The first kappa shape index (κ1) is 26.8. The Morgan fingerprint density at radius 2 is 1.87 bits per heavy atom. The van der Waals surface area contributed by atoms with E-state index in [1.807, 2.05) is 54.8 Å². The number of nitrogens with one attached hydrogen (secondary N) is 2. The van der Waals surface area contributed by atoms with Crippen molar-refractivity contribution in [3.8, 4) is 22.8 Å². The molecule has 0 radical (unpaired) electrons. The van der Waals surface area contributed by atoms with Crippen LogP contribution in [0.5, 0.6) is 11.5 Å². The standard InChI is InChI=1S/C27H24BrN5O4S/c1-2-36-23-13-17(12-21(28)25(23)37-15-24(29)34)14-30-33-26(35)19-10-8-18(9-11-19)22-16-38-27(32-22)31-20-6-4-3-5-7-20/h3-14,16H,2,15H2,1H3,(H2,29,34)(H,31,32)(H,33,35)/b30-14+. The Morgan fingerprint density at radius 1 is 1.11 bits per heavy atom. The second kappa shape index (κ2) is 12.8. The number of aromatic nitrogens is 1. The number of hydrogen-bond acceptors (Lipinski definition) is 8. The number of nitrogens with zero attached hydrogens (tertiary/aromatic N) is 2. The summed E-state index contributed by atoms with van der Waals surface area (Å²) >= 11 is 4.91. The van der Waals surface area contributed by atoms with E-state index in [4.69, 9.17) is 15.2 Å². The van der Waals surface area contributed by atoms with Crippen LogP contribution in [0.2, 0.25) is 0 Å². The van der Waals surface area contributed by atoms with E-state index in [1.54, 1.807) is 24.3 Å². The smallest absolute Gasteiger partial charge is 0.271 e. The number of rotatable bonds is 11. The highest BCUT2D eigenvalue weighted by Gasteiger charge is 2.13. The number of carbonyl (C=O) groups excluding carboxylic acids is 2. The molecule has 0 bridgehead atoms. The van der Waals surface area contributed by atoms with Crippen molar-refractivity contribution in [1.29, 1.82) is 0 Å². The Morgan fingerprint density at radius 3 is 2.58 bits per heavy atom. The molecule has 4 rings (SSSR count). The highest BCUT2D eigenvalue weighted by molar-refractivity contribution is 9.10. The number of carbonyl (C=O) groups is 2. The maximum Gasteiger partial charge on any atom is 0.271 e. The fourth-order valence-corrected chi connectivity index (χ4v) is 4.65. The van der Waals surface area contributed by atoms with Crippen molar-refractivity contribution in [2.24, 2.45) is 10.8 Å². The van der Waals surface area contributed by atoms with Gasteiger partial charge >= 0.3 is 0 Å². The highest BCUT2D eigenvalue weighted by Crippen LogP contribution is 2.36. The minimum atomic E-state index is -0.600. The molecule has 3 aromatic carbocycles. The largest absolute Gasteiger partial charge is 0.490 e. The molecular weight excluding hydrogens is 570 g/mol. The van der Waals surface area contributed by atoms with Crippen molar-refractivity contribution in [2.45, 2.75) is 6.92 Å². The van der Waals surface area contributed by atoms with Gasteiger partial charge in [0.2, 0.25) is 0 Å². The molecule has 1 aromatic heterocycles. The zero-order valence-electron chi connectivity index (χ0n) is 20.3. The van der Waals surface area contributed by atoms with E-state index < -0.39 is 5.91 Å². The number of anilines is 2. The predicted octanol–water partition coefficient (Wildman–Crippen LogP) is 5.34. The van der Waals surface area contributed by atoms with Crippen molar-refractivity contribution in [1.82, 2.24) is 10.4 Å². The van der Waals surface area contributed by atoms with Crippen LogP contribution < -0.4 is 25.9 Å². The van der Waals surface area contributed by atoms with Crippen molar-refractivity contribution in [3.05, 3.63) is 87.7 Å². The van der Waals surface area contributed by atoms with E-state index >= 15 is 0 Å². The topological polar surface area (TPSA) is 128 Å². The van der Waals surface area contributed by atoms with Crippen molar-refractivity contribution in [3.63, 3.8) is 0 Å². The van der Waals surface area contributed by atoms with E-state index in [-0.39, 0.29) is 12.5 Å². The Hall–Kier alpha value is -4.22. The maximum atomic E-state index is 12.6. The van der Waals surface area contributed by atoms with Crippen LogP contribution in [0.3, 0.4) is 0 Å². The SMILES string of the molecule is CCOc1cc(/C=N/NC(=O)c2ccc(-c3csc(Nc4ccccc4)n3)cc2)cc(Br)c1OCC(N)=O. The number of para-hydroxylation sites is 1. The summed E-state index contributed by atoms with van der Waals surface area (Å²) in [4.78, 5) is 28.3. The number of primary amides is 1. The average Bonchev–Trinajstić information content (AvgIpc) is 3.37. The first-order chi connectivity index (χ1) is 18.4. The zero-order valence-corrected chi connectivity index (χ0v) is 22.7. The lowest BCUT2D eigenvalue weighted by atomic mass is 10.1. The third kappa shape index (κ3) is 7.17. The Balaban J connectivity index is 1.38. The van der Waals surface area contributed by atoms with Crippen LogP contribution >= 0.6 is 27.3 Å². The molecule has 0 saturated carbocycles. The van der Waals surface area contributed by atoms with Gasteiger partial charge < -0.3 is 20.5 Å². The van der Waals surface area contributed by atoms with Gasteiger partial charge in [0.15, 0.2) is 23.2 Å². The molecule has 4 aromatic rings. The van der Waals surface area contributed by atoms with Crippen LogP contribution in [0.4, 0.5) is 10.8 Å². The number of halogens is 1. The van der Waals surface area contributed by atoms with Gasteiger partial charge in [-0.1, -0.05) is 30.3 Å². The van der Waals surface area contributed by atoms with E-state index in [0.29, 0.717) is 33.7 Å². The van der Waals surface area contributed by atoms with Crippen molar-refractivity contribution >= 4 is 56.1 Å². The fraction of sp³-hybridized carbons (Fsp3) is 0.111. The fourth-order valence-electron chi connectivity index (χ4n) is 3.34. The first-order valence-corrected chi connectivity index (χ1v) is 13.2. The summed E-state index contributed by atoms with van der Waals surface area (Å²) in [7, 11) is 0. The number of hydrazone groups is 1. The number of benzene rings is 3. The average molecular weight is 594 g/mol. The van der Waals surface area contributed by atoms with Gasteiger partial charge in [-0.2, -0.15) is 5.10 Å². The molecule has 0 spiro atoms. The monoisotopic (exact) mass is 593 g/mol. The number of hydrogen-bond donors (Lipinski definition) is 3. The summed E-state index contributed by atoms with van der Waals surface area (Å²) in [6.45, 7) is 1.93. The van der Waals surface area contributed by atoms with Crippen molar-refractivity contribution in [2.75, 3.05) is 18.5 Å². The van der Waals surface area contributed by atoms with Crippen LogP contribution in [0.25, 0.3) is 11.3 Å². The number of amides is 2. The molecule has 0 aliphatic heterocycles. The Labute approximate surface area is 231 Å². The summed E-state index contributed by atoms with van der Waals surface area (Å²) in [6, 6.07) is 20.4. The molecule has 11 heteroatoms. The van der Waals surface area contributed by atoms with Gasteiger partial charge in [-0.05, 0) is 64.8 Å². The molecule has 0 saturated heterocycles. The Bertz CT molecular complexity index is 1440. The third-order valence-corrected chi connectivity index (χ3v) is 6.39. The molecule has 2 amide bonds. The second-order valence-corrected chi connectivity index (χ2v) is 9.54. The molecular formula is C27H24BrN5O4S. The van der Waals surface area contributed by atoms with Gasteiger partial charge in [0.05, 0.1) is 23.0 Å². The predicted molar refractivity (Wildman–Crippen MR) is 152 cm³/mol. The minimum Gasteiger partial charge on any atom is -0.490 e. The molecule has 0 fully saturated rings. The normalized spacial score (nSPS) is 10.8. The lowest BCUT2D eigenvalue weighted by Crippen LogP contribution is -2.20. The van der Waals surface area contributed by atoms with Gasteiger partial charge in [-0.15, -0.1) is 11.3 Å². The van der Waals surface area contributed by atoms with Gasteiger partial charge in [0, 0.05) is 22.2 Å².